The van der Waals surface area contributed by atoms with Gasteiger partial charge in [0.05, 0.1) is 12.1 Å². The number of carbonyl (C=O) groups excluding carboxylic acids is 2. The number of rotatable bonds is 17. The number of allylic oxidation sites excluding steroid dienone is 1. The molecule has 1 N–H and O–H groups in total. The van der Waals surface area contributed by atoms with Crippen LogP contribution in [0, 0.1) is 0 Å². The van der Waals surface area contributed by atoms with Crippen molar-refractivity contribution in [2.24, 2.45) is 0 Å². The highest BCUT2D eigenvalue weighted by Gasteiger charge is 2.41. The van der Waals surface area contributed by atoms with Crippen molar-refractivity contribution in [2.45, 2.75) is 108 Å². The van der Waals surface area contributed by atoms with Crippen molar-refractivity contribution in [3.8, 4) is 0 Å². The zero-order valence-corrected chi connectivity index (χ0v) is 21.4. The largest absolute Gasteiger partial charge is 0.447 e. The van der Waals surface area contributed by atoms with Crippen LogP contribution in [0.25, 0.3) is 0 Å². The summed E-state index contributed by atoms with van der Waals surface area (Å²) >= 11 is 6.25. The number of amides is 2. The summed E-state index contributed by atoms with van der Waals surface area (Å²) in [6.45, 7) is 2.38. The van der Waals surface area contributed by atoms with E-state index < -0.39 is 29.5 Å². The maximum atomic E-state index is 12.8. The van der Waals surface area contributed by atoms with Crippen LogP contribution in [0.15, 0.2) is 42.5 Å². The minimum absolute atomic E-state index is 0.133. The molecule has 0 saturated carbocycles. The topological polar surface area (TPSA) is 66.8 Å². The lowest BCUT2D eigenvalue weighted by molar-refractivity contribution is -0.130. The number of alkyl halides is 1. The molecule has 0 bridgehead atoms. The number of carbonyl (C=O) groups is 2. The van der Waals surface area contributed by atoms with Crippen molar-refractivity contribution < 1.29 is 19.4 Å². The number of hydrogen-bond acceptors (Lipinski definition) is 4. The number of halogens is 1. The molecule has 0 spiro atoms. The quantitative estimate of drug-likeness (QED) is 0.148. The van der Waals surface area contributed by atoms with Crippen LogP contribution in [-0.2, 0) is 16.0 Å². The zero-order chi connectivity index (χ0) is 24.6. The molecule has 5 nitrogen and oxygen atoms in total. The van der Waals surface area contributed by atoms with E-state index in [1.54, 1.807) is 6.08 Å². The molecule has 0 aromatic heterocycles. The summed E-state index contributed by atoms with van der Waals surface area (Å²) in [4.78, 5) is 26.0. The zero-order valence-electron chi connectivity index (χ0n) is 20.7. The van der Waals surface area contributed by atoms with Gasteiger partial charge < -0.3 is 9.84 Å². The molecule has 1 fully saturated rings. The first-order valence-electron chi connectivity index (χ1n) is 13.1. The Hall–Kier alpha value is -1.85. The van der Waals surface area contributed by atoms with Crippen LogP contribution >= 0.6 is 11.6 Å². The second kappa shape index (κ2) is 16.7. The molecular weight excluding hydrogens is 450 g/mol. The first-order chi connectivity index (χ1) is 16.5. The van der Waals surface area contributed by atoms with Crippen molar-refractivity contribution in [1.82, 2.24) is 4.90 Å². The van der Waals surface area contributed by atoms with Gasteiger partial charge in [0.25, 0.3) is 5.91 Å². The SMILES string of the molecule is CCCCCCCCCCCCC/C=C/C(O)[C@H](Cl)C(=O)N1C(=O)OCC1Cc1ccccc1. The number of aliphatic hydroxyl groups excluding tert-OH is 1. The Morgan fingerprint density at radius 3 is 2.26 bits per heavy atom. The third-order valence-electron chi connectivity index (χ3n) is 6.36. The molecule has 6 heteroatoms. The number of nitrogens with zero attached hydrogens (tertiary/aromatic N) is 1. The highest BCUT2D eigenvalue weighted by atomic mass is 35.5. The summed E-state index contributed by atoms with van der Waals surface area (Å²) in [6, 6.07) is 9.19. The number of aliphatic hydroxyl groups is 1. The van der Waals surface area contributed by atoms with Gasteiger partial charge in [-0.05, 0) is 24.8 Å². The molecule has 2 unspecified atom stereocenters. The molecule has 0 radical (unpaired) electrons. The number of benzene rings is 1. The molecule has 190 valence electrons. The third kappa shape index (κ3) is 10.2. The van der Waals surface area contributed by atoms with Crippen LogP contribution in [0.2, 0.25) is 0 Å². The van der Waals surface area contributed by atoms with E-state index in [4.69, 9.17) is 16.3 Å². The molecule has 0 aliphatic carbocycles. The van der Waals surface area contributed by atoms with Gasteiger partial charge in [-0.1, -0.05) is 114 Å². The first-order valence-corrected chi connectivity index (χ1v) is 13.5. The van der Waals surface area contributed by atoms with E-state index in [2.05, 4.69) is 6.92 Å². The molecule has 1 saturated heterocycles. The van der Waals surface area contributed by atoms with E-state index in [0.29, 0.717) is 6.42 Å². The van der Waals surface area contributed by atoms with Gasteiger partial charge in [0.2, 0.25) is 0 Å². The van der Waals surface area contributed by atoms with E-state index in [0.717, 1.165) is 23.3 Å². The Morgan fingerprint density at radius 1 is 1.06 bits per heavy atom. The summed E-state index contributed by atoms with van der Waals surface area (Å²) < 4.78 is 5.09. The maximum Gasteiger partial charge on any atom is 0.417 e. The van der Waals surface area contributed by atoms with E-state index in [1.165, 1.54) is 64.2 Å². The molecule has 2 rings (SSSR count). The molecule has 2 amide bonds. The highest BCUT2D eigenvalue weighted by Crippen LogP contribution is 2.21. The van der Waals surface area contributed by atoms with Crippen LogP contribution in [-0.4, -0.2) is 46.1 Å². The van der Waals surface area contributed by atoms with Gasteiger partial charge in [-0.3, -0.25) is 4.79 Å². The van der Waals surface area contributed by atoms with E-state index in [9.17, 15) is 14.7 Å². The Kier molecular flexibility index (Phi) is 14.0. The molecule has 1 aliphatic heterocycles. The molecule has 3 atom stereocenters. The average molecular weight is 492 g/mol. The van der Waals surface area contributed by atoms with Crippen LogP contribution in [0.4, 0.5) is 4.79 Å². The molecule has 34 heavy (non-hydrogen) atoms. The number of hydrogen-bond donors (Lipinski definition) is 1. The van der Waals surface area contributed by atoms with Crippen molar-refractivity contribution in [2.75, 3.05) is 6.61 Å². The van der Waals surface area contributed by atoms with Gasteiger partial charge >= 0.3 is 6.09 Å². The second-order valence-electron chi connectivity index (χ2n) is 9.27. The normalized spacial score (nSPS) is 17.8. The average Bonchev–Trinajstić information content (AvgIpc) is 3.21. The summed E-state index contributed by atoms with van der Waals surface area (Å²) in [5.41, 5.74) is 1.00. The molecule has 1 heterocycles. The maximum absolute atomic E-state index is 12.8. The summed E-state index contributed by atoms with van der Waals surface area (Å²) in [5.74, 6) is -0.614. The van der Waals surface area contributed by atoms with Crippen LogP contribution in [0.3, 0.4) is 0 Å². The fraction of sp³-hybridized carbons (Fsp3) is 0.643. The molecule has 1 aromatic rings. The van der Waals surface area contributed by atoms with Crippen LogP contribution in [0.1, 0.15) is 89.5 Å². The second-order valence-corrected chi connectivity index (χ2v) is 9.74. The Morgan fingerprint density at radius 2 is 1.65 bits per heavy atom. The fourth-order valence-electron chi connectivity index (χ4n) is 4.31. The summed E-state index contributed by atoms with van der Waals surface area (Å²) in [6.07, 6.45) is 17.1. The Labute approximate surface area is 210 Å². The third-order valence-corrected chi connectivity index (χ3v) is 6.80. The number of imide groups is 1. The predicted octanol–water partition coefficient (Wildman–Crippen LogP) is 6.80. The van der Waals surface area contributed by atoms with Gasteiger partial charge in [0.1, 0.15) is 12.0 Å². The van der Waals surface area contributed by atoms with Crippen LogP contribution in [0.5, 0.6) is 0 Å². The number of cyclic esters (lactones) is 1. The van der Waals surface area contributed by atoms with E-state index in [-0.39, 0.29) is 6.61 Å². The minimum Gasteiger partial charge on any atom is -0.447 e. The van der Waals surface area contributed by atoms with Crippen LogP contribution < -0.4 is 0 Å². The standard InChI is InChI=1S/C28H42ClNO4/c1-2-3-4-5-6-7-8-9-10-11-12-13-17-20-25(31)26(29)27(32)30-24(22-34-28(30)33)21-23-18-15-14-16-19-23/h14-20,24-26,31H,2-13,21-22H2,1H3/b20-17+/t24?,25?,26-/m0/s1. The highest BCUT2D eigenvalue weighted by molar-refractivity contribution is 6.32. The number of ether oxygens (including phenoxy) is 1. The first kappa shape index (κ1) is 28.4. The van der Waals surface area contributed by atoms with Crippen molar-refractivity contribution in [3.63, 3.8) is 0 Å². The minimum atomic E-state index is -1.22. The van der Waals surface area contributed by atoms with Gasteiger partial charge in [-0.2, -0.15) is 0 Å². The number of unbranched alkanes of at least 4 members (excludes halogenated alkanes) is 11. The van der Waals surface area contributed by atoms with E-state index >= 15 is 0 Å². The van der Waals surface area contributed by atoms with Gasteiger partial charge in [0, 0.05) is 0 Å². The van der Waals surface area contributed by atoms with Gasteiger partial charge in [-0.15, -0.1) is 11.6 Å². The molecular formula is C28H42ClNO4. The van der Waals surface area contributed by atoms with Crippen molar-refractivity contribution in [3.05, 3.63) is 48.0 Å². The lowest BCUT2D eigenvalue weighted by Gasteiger charge is -2.23. The van der Waals surface area contributed by atoms with Gasteiger partial charge in [0.15, 0.2) is 0 Å². The lowest BCUT2D eigenvalue weighted by atomic mass is 10.0. The Balaban J connectivity index is 1.63. The Bertz CT molecular complexity index is 739. The van der Waals surface area contributed by atoms with Crippen molar-refractivity contribution in [1.29, 1.82) is 0 Å². The molecule has 1 aliphatic rings. The lowest BCUT2D eigenvalue weighted by Crippen LogP contribution is -2.47. The summed E-state index contributed by atoms with van der Waals surface area (Å²) in [5, 5.41) is 9.14. The monoisotopic (exact) mass is 491 g/mol. The van der Waals surface area contributed by atoms with Crippen molar-refractivity contribution >= 4 is 23.6 Å². The predicted molar refractivity (Wildman–Crippen MR) is 138 cm³/mol. The van der Waals surface area contributed by atoms with E-state index in [1.807, 2.05) is 36.4 Å². The molecule has 1 aromatic carbocycles. The summed E-state index contributed by atoms with van der Waals surface area (Å²) in [7, 11) is 0. The fourth-order valence-corrected chi connectivity index (χ4v) is 4.49. The smallest absolute Gasteiger partial charge is 0.417 e. The van der Waals surface area contributed by atoms with Gasteiger partial charge in [-0.25, -0.2) is 9.69 Å².